The summed E-state index contributed by atoms with van der Waals surface area (Å²) in [6, 6.07) is 9.23. The minimum atomic E-state index is -0.372. The summed E-state index contributed by atoms with van der Waals surface area (Å²) in [7, 11) is 0. The maximum Gasteiger partial charge on any atom is 0.307 e. The summed E-state index contributed by atoms with van der Waals surface area (Å²) in [5, 5.41) is 4.48. The molecule has 0 saturated carbocycles. The Kier molecular flexibility index (Phi) is 7.22. The third-order valence-electron chi connectivity index (χ3n) is 2.99. The van der Waals surface area contributed by atoms with E-state index in [9.17, 15) is 14.0 Å². The molecule has 0 aliphatic heterocycles. The Morgan fingerprint density at radius 2 is 1.92 bits per heavy atom. The molecule has 0 spiro atoms. The number of carbonyl (C=O) groups excluding carboxylic acids is 2. The van der Waals surface area contributed by atoms with Crippen molar-refractivity contribution in [3.8, 4) is 5.75 Å². The molecule has 0 unspecified atom stereocenters. The molecular formula is C17H18FNO4S. The van der Waals surface area contributed by atoms with Crippen LogP contribution >= 0.6 is 11.3 Å². The van der Waals surface area contributed by atoms with Crippen LogP contribution in [0.3, 0.4) is 0 Å². The van der Waals surface area contributed by atoms with Crippen LogP contribution in [0.5, 0.6) is 5.75 Å². The van der Waals surface area contributed by atoms with E-state index in [2.05, 4.69) is 5.32 Å². The maximum absolute atomic E-state index is 12.7. The number of thiophene rings is 1. The van der Waals surface area contributed by atoms with Gasteiger partial charge in [0, 0.05) is 13.0 Å². The van der Waals surface area contributed by atoms with E-state index in [1.807, 2.05) is 5.38 Å². The molecule has 1 aromatic carbocycles. The number of hydrogen-bond acceptors (Lipinski definition) is 5. The van der Waals surface area contributed by atoms with Gasteiger partial charge in [0.05, 0.1) is 24.5 Å². The van der Waals surface area contributed by atoms with Gasteiger partial charge in [0.2, 0.25) is 0 Å². The summed E-state index contributed by atoms with van der Waals surface area (Å²) in [4.78, 5) is 23.8. The lowest BCUT2D eigenvalue weighted by Gasteiger charge is -2.07. The van der Waals surface area contributed by atoms with Crippen LogP contribution in [0.4, 0.5) is 4.39 Å². The van der Waals surface area contributed by atoms with E-state index < -0.39 is 0 Å². The molecule has 1 heterocycles. The molecule has 1 aromatic heterocycles. The molecular weight excluding hydrogens is 333 g/mol. The Morgan fingerprint density at radius 3 is 2.62 bits per heavy atom. The molecule has 0 saturated heterocycles. The van der Waals surface area contributed by atoms with Crippen LogP contribution in [0, 0.1) is 5.82 Å². The topological polar surface area (TPSA) is 64.6 Å². The standard InChI is InChI=1S/C17H18FNO4S/c18-13-4-6-14(7-5-13)22-10-2-11-23-16(20)8-9-19-17(21)15-3-1-12-24-15/h1,3-7,12H,2,8-11H2,(H,19,21). The molecule has 0 aliphatic carbocycles. The quantitative estimate of drug-likeness (QED) is 0.557. The Morgan fingerprint density at radius 1 is 1.12 bits per heavy atom. The molecule has 0 atom stereocenters. The Balaban J connectivity index is 1.50. The van der Waals surface area contributed by atoms with E-state index in [0.29, 0.717) is 23.7 Å². The van der Waals surface area contributed by atoms with Crippen LogP contribution < -0.4 is 10.1 Å². The minimum Gasteiger partial charge on any atom is -0.493 e. The fraction of sp³-hybridized carbons (Fsp3) is 0.294. The molecule has 0 bridgehead atoms. The second-order valence-electron chi connectivity index (χ2n) is 4.86. The first kappa shape index (κ1) is 17.9. The van der Waals surface area contributed by atoms with Gasteiger partial charge in [-0.05, 0) is 35.7 Å². The number of carbonyl (C=O) groups is 2. The second-order valence-corrected chi connectivity index (χ2v) is 5.81. The fourth-order valence-corrected chi connectivity index (χ4v) is 2.45. The highest BCUT2D eigenvalue weighted by Gasteiger charge is 2.07. The average Bonchev–Trinajstić information content (AvgIpc) is 3.11. The van der Waals surface area contributed by atoms with E-state index in [1.54, 1.807) is 12.1 Å². The summed E-state index contributed by atoms with van der Waals surface area (Å²) >= 11 is 1.35. The van der Waals surface area contributed by atoms with Crippen molar-refractivity contribution < 1.29 is 23.5 Å². The largest absolute Gasteiger partial charge is 0.493 e. The number of nitrogens with one attached hydrogen (secondary N) is 1. The molecule has 0 fully saturated rings. The number of hydrogen-bond donors (Lipinski definition) is 1. The smallest absolute Gasteiger partial charge is 0.307 e. The Bertz CT molecular complexity index is 643. The third kappa shape index (κ3) is 6.37. The van der Waals surface area contributed by atoms with E-state index in [4.69, 9.17) is 9.47 Å². The monoisotopic (exact) mass is 351 g/mol. The number of ether oxygens (including phenoxy) is 2. The van der Waals surface area contributed by atoms with Crippen LogP contribution in [0.15, 0.2) is 41.8 Å². The molecule has 128 valence electrons. The van der Waals surface area contributed by atoms with Crippen LogP contribution in [0.2, 0.25) is 0 Å². The zero-order valence-electron chi connectivity index (χ0n) is 13.0. The van der Waals surface area contributed by atoms with Crippen molar-refractivity contribution in [1.82, 2.24) is 5.32 Å². The van der Waals surface area contributed by atoms with Crippen molar-refractivity contribution in [2.24, 2.45) is 0 Å². The summed E-state index contributed by atoms with van der Waals surface area (Å²) in [5.74, 6) is -0.310. The highest BCUT2D eigenvalue weighted by Crippen LogP contribution is 2.11. The summed E-state index contributed by atoms with van der Waals surface area (Å²) in [6.45, 7) is 0.842. The van der Waals surface area contributed by atoms with E-state index >= 15 is 0 Å². The van der Waals surface area contributed by atoms with Crippen LogP contribution in [-0.2, 0) is 9.53 Å². The highest BCUT2D eigenvalue weighted by atomic mass is 32.1. The lowest BCUT2D eigenvalue weighted by atomic mass is 10.3. The summed E-state index contributed by atoms with van der Waals surface area (Å²) in [6.07, 6.45) is 0.653. The van der Waals surface area contributed by atoms with Gasteiger partial charge in [0.1, 0.15) is 11.6 Å². The van der Waals surface area contributed by atoms with Gasteiger partial charge in [-0.3, -0.25) is 9.59 Å². The van der Waals surface area contributed by atoms with Crippen molar-refractivity contribution in [3.05, 3.63) is 52.5 Å². The van der Waals surface area contributed by atoms with Crippen molar-refractivity contribution >= 4 is 23.2 Å². The van der Waals surface area contributed by atoms with Gasteiger partial charge >= 0.3 is 5.97 Å². The van der Waals surface area contributed by atoms with Crippen molar-refractivity contribution in [2.75, 3.05) is 19.8 Å². The van der Waals surface area contributed by atoms with E-state index in [1.165, 1.54) is 35.6 Å². The van der Waals surface area contributed by atoms with Gasteiger partial charge in [-0.1, -0.05) is 6.07 Å². The van der Waals surface area contributed by atoms with E-state index in [-0.39, 0.29) is 37.3 Å². The van der Waals surface area contributed by atoms with Gasteiger partial charge in [0.15, 0.2) is 0 Å². The zero-order chi connectivity index (χ0) is 17.2. The van der Waals surface area contributed by atoms with Crippen LogP contribution in [-0.4, -0.2) is 31.6 Å². The number of benzene rings is 1. The molecule has 7 heteroatoms. The van der Waals surface area contributed by atoms with Gasteiger partial charge < -0.3 is 14.8 Å². The summed E-state index contributed by atoms with van der Waals surface area (Å²) in [5.41, 5.74) is 0. The van der Waals surface area contributed by atoms with Crippen molar-refractivity contribution in [3.63, 3.8) is 0 Å². The normalized spacial score (nSPS) is 10.2. The first-order chi connectivity index (χ1) is 11.6. The average molecular weight is 351 g/mol. The molecule has 0 aliphatic rings. The van der Waals surface area contributed by atoms with Gasteiger partial charge in [0.25, 0.3) is 5.91 Å². The Hall–Kier alpha value is -2.41. The first-order valence-corrected chi connectivity index (χ1v) is 8.39. The van der Waals surface area contributed by atoms with Crippen molar-refractivity contribution in [2.45, 2.75) is 12.8 Å². The fourth-order valence-electron chi connectivity index (χ4n) is 1.81. The predicted octanol–water partition coefficient (Wildman–Crippen LogP) is 3.02. The van der Waals surface area contributed by atoms with E-state index in [0.717, 1.165) is 0 Å². The lowest BCUT2D eigenvalue weighted by Crippen LogP contribution is -2.26. The number of halogens is 1. The molecule has 2 aromatic rings. The van der Waals surface area contributed by atoms with Crippen LogP contribution in [0.25, 0.3) is 0 Å². The molecule has 1 amide bonds. The molecule has 5 nitrogen and oxygen atoms in total. The SMILES string of the molecule is O=C(CCNC(=O)c1cccs1)OCCCOc1ccc(F)cc1. The third-order valence-corrected chi connectivity index (χ3v) is 3.86. The van der Waals surface area contributed by atoms with Gasteiger partial charge in [-0.2, -0.15) is 0 Å². The molecule has 0 radical (unpaired) electrons. The molecule has 24 heavy (non-hydrogen) atoms. The highest BCUT2D eigenvalue weighted by molar-refractivity contribution is 7.12. The number of esters is 1. The maximum atomic E-state index is 12.7. The first-order valence-electron chi connectivity index (χ1n) is 7.51. The minimum absolute atomic E-state index is 0.121. The summed E-state index contributed by atoms with van der Waals surface area (Å²) < 4.78 is 23.1. The predicted molar refractivity (Wildman–Crippen MR) is 88.7 cm³/mol. The lowest BCUT2D eigenvalue weighted by molar-refractivity contribution is -0.143. The zero-order valence-corrected chi connectivity index (χ0v) is 13.8. The number of rotatable bonds is 9. The number of amides is 1. The Labute approximate surface area is 143 Å². The van der Waals surface area contributed by atoms with Crippen LogP contribution in [0.1, 0.15) is 22.5 Å². The van der Waals surface area contributed by atoms with Gasteiger partial charge in [-0.15, -0.1) is 11.3 Å². The molecule has 1 N–H and O–H groups in total. The van der Waals surface area contributed by atoms with Crippen molar-refractivity contribution in [1.29, 1.82) is 0 Å². The second kappa shape index (κ2) is 9.67. The molecule has 2 rings (SSSR count). The van der Waals surface area contributed by atoms with Gasteiger partial charge in [-0.25, -0.2) is 4.39 Å².